The molecule has 0 aromatic rings. The Kier molecular flexibility index (Phi) is 7.16. The van der Waals surface area contributed by atoms with Gasteiger partial charge < -0.3 is 15.1 Å². The lowest BCUT2D eigenvalue weighted by Gasteiger charge is -2.36. The molecular weight excluding hydrogens is 278 g/mol. The zero-order valence-electron chi connectivity index (χ0n) is 14.0. The lowest BCUT2D eigenvalue weighted by atomic mass is 10.0. The second kappa shape index (κ2) is 9.13. The molecule has 0 spiro atoms. The van der Waals surface area contributed by atoms with Crippen molar-refractivity contribution < 1.29 is 9.59 Å². The minimum absolute atomic E-state index is 0.141. The van der Waals surface area contributed by atoms with E-state index in [1.807, 2.05) is 4.90 Å². The predicted octanol–water partition coefficient (Wildman–Crippen LogP) is 1.77. The molecule has 2 aliphatic heterocycles. The molecule has 2 aliphatic rings. The SMILES string of the molecule is CCCN(C(=O)CN1CCCCCCC1=O)C1CCNCC1. The van der Waals surface area contributed by atoms with Crippen LogP contribution in [0.5, 0.6) is 0 Å². The summed E-state index contributed by atoms with van der Waals surface area (Å²) >= 11 is 0. The van der Waals surface area contributed by atoms with Gasteiger partial charge in [0.2, 0.25) is 11.8 Å². The zero-order valence-corrected chi connectivity index (χ0v) is 14.0. The van der Waals surface area contributed by atoms with Gasteiger partial charge in [-0.05, 0) is 45.2 Å². The van der Waals surface area contributed by atoms with Crippen molar-refractivity contribution >= 4 is 11.8 Å². The van der Waals surface area contributed by atoms with Crippen LogP contribution in [0.25, 0.3) is 0 Å². The minimum atomic E-state index is 0.141. The van der Waals surface area contributed by atoms with Gasteiger partial charge in [0, 0.05) is 25.6 Å². The number of rotatable bonds is 5. The van der Waals surface area contributed by atoms with Crippen molar-refractivity contribution in [2.75, 3.05) is 32.7 Å². The third-order valence-electron chi connectivity index (χ3n) is 4.78. The predicted molar refractivity (Wildman–Crippen MR) is 87.6 cm³/mol. The van der Waals surface area contributed by atoms with E-state index in [0.29, 0.717) is 12.5 Å². The maximum atomic E-state index is 12.8. The standard InChI is InChI=1S/C17H31N3O2/c1-2-12-20(15-8-10-18-11-9-15)17(22)14-19-13-6-4-3-5-7-16(19)21/h15,18H,2-14H2,1H3. The number of nitrogens with one attached hydrogen (secondary N) is 1. The Morgan fingerprint density at radius 2 is 1.95 bits per heavy atom. The molecule has 2 fully saturated rings. The molecule has 2 rings (SSSR count). The van der Waals surface area contributed by atoms with Crippen LogP contribution in [0.1, 0.15) is 58.3 Å². The summed E-state index contributed by atoms with van der Waals surface area (Å²) in [5, 5.41) is 3.35. The number of hydrogen-bond acceptors (Lipinski definition) is 3. The van der Waals surface area contributed by atoms with Gasteiger partial charge in [-0.25, -0.2) is 0 Å². The highest BCUT2D eigenvalue weighted by molar-refractivity contribution is 5.85. The van der Waals surface area contributed by atoms with Gasteiger partial charge >= 0.3 is 0 Å². The molecule has 0 aromatic carbocycles. The topological polar surface area (TPSA) is 52.7 Å². The van der Waals surface area contributed by atoms with Crippen LogP contribution in [-0.4, -0.2) is 60.4 Å². The van der Waals surface area contributed by atoms with E-state index in [0.717, 1.165) is 64.7 Å². The summed E-state index contributed by atoms with van der Waals surface area (Å²) in [6.45, 7) is 5.93. The molecule has 0 aliphatic carbocycles. The first-order valence-electron chi connectivity index (χ1n) is 9.00. The number of likely N-dealkylation sites (tertiary alicyclic amines) is 1. The summed E-state index contributed by atoms with van der Waals surface area (Å²) in [6, 6.07) is 0.346. The summed E-state index contributed by atoms with van der Waals surface area (Å²) in [5.41, 5.74) is 0. The second-order valence-corrected chi connectivity index (χ2v) is 6.55. The van der Waals surface area contributed by atoms with Crippen LogP contribution >= 0.6 is 0 Å². The Morgan fingerprint density at radius 1 is 1.23 bits per heavy atom. The lowest BCUT2D eigenvalue weighted by molar-refractivity contribution is -0.142. The maximum Gasteiger partial charge on any atom is 0.242 e. The Hall–Kier alpha value is -1.10. The molecule has 5 nitrogen and oxygen atoms in total. The van der Waals surface area contributed by atoms with Gasteiger partial charge in [-0.15, -0.1) is 0 Å². The molecule has 126 valence electrons. The van der Waals surface area contributed by atoms with Crippen molar-refractivity contribution in [1.82, 2.24) is 15.1 Å². The van der Waals surface area contributed by atoms with Crippen LogP contribution < -0.4 is 5.32 Å². The third-order valence-corrected chi connectivity index (χ3v) is 4.78. The Balaban J connectivity index is 1.94. The van der Waals surface area contributed by atoms with Crippen molar-refractivity contribution in [3.05, 3.63) is 0 Å². The number of amides is 2. The first-order chi connectivity index (χ1) is 10.7. The molecule has 0 radical (unpaired) electrons. The molecule has 0 atom stereocenters. The van der Waals surface area contributed by atoms with Gasteiger partial charge in [0.15, 0.2) is 0 Å². The van der Waals surface area contributed by atoms with E-state index in [4.69, 9.17) is 0 Å². The van der Waals surface area contributed by atoms with E-state index < -0.39 is 0 Å². The van der Waals surface area contributed by atoms with Crippen LogP contribution in [0.4, 0.5) is 0 Å². The molecule has 0 bridgehead atoms. The summed E-state index contributed by atoms with van der Waals surface area (Å²) in [6.07, 6.45) is 7.95. The van der Waals surface area contributed by atoms with Gasteiger partial charge in [-0.2, -0.15) is 0 Å². The summed E-state index contributed by atoms with van der Waals surface area (Å²) in [5.74, 6) is 0.303. The maximum absolute atomic E-state index is 12.8. The molecular formula is C17H31N3O2. The highest BCUT2D eigenvalue weighted by Crippen LogP contribution is 2.15. The molecule has 0 aromatic heterocycles. The smallest absolute Gasteiger partial charge is 0.242 e. The molecule has 2 saturated heterocycles. The zero-order chi connectivity index (χ0) is 15.8. The average Bonchev–Trinajstić information content (AvgIpc) is 2.53. The Morgan fingerprint density at radius 3 is 2.68 bits per heavy atom. The van der Waals surface area contributed by atoms with Gasteiger partial charge in [-0.3, -0.25) is 9.59 Å². The molecule has 2 amide bonds. The monoisotopic (exact) mass is 309 g/mol. The van der Waals surface area contributed by atoms with Crippen LogP contribution in [0.3, 0.4) is 0 Å². The third kappa shape index (κ3) is 4.97. The van der Waals surface area contributed by atoms with Crippen molar-refractivity contribution in [3.8, 4) is 0 Å². The average molecular weight is 309 g/mol. The van der Waals surface area contributed by atoms with E-state index in [1.54, 1.807) is 4.90 Å². The van der Waals surface area contributed by atoms with Crippen LogP contribution in [-0.2, 0) is 9.59 Å². The molecule has 1 N–H and O–H groups in total. The highest BCUT2D eigenvalue weighted by Gasteiger charge is 2.27. The van der Waals surface area contributed by atoms with E-state index in [9.17, 15) is 9.59 Å². The number of carbonyl (C=O) groups excluding carboxylic acids is 2. The number of carbonyl (C=O) groups is 2. The quantitative estimate of drug-likeness (QED) is 0.842. The van der Waals surface area contributed by atoms with Gasteiger partial charge in [-0.1, -0.05) is 19.8 Å². The highest BCUT2D eigenvalue weighted by atomic mass is 16.2. The molecule has 2 heterocycles. The van der Waals surface area contributed by atoms with Crippen LogP contribution in [0.2, 0.25) is 0 Å². The van der Waals surface area contributed by atoms with Crippen molar-refractivity contribution in [2.24, 2.45) is 0 Å². The largest absolute Gasteiger partial charge is 0.338 e. The normalized spacial score (nSPS) is 21.3. The molecule has 5 heteroatoms. The van der Waals surface area contributed by atoms with E-state index in [-0.39, 0.29) is 18.4 Å². The van der Waals surface area contributed by atoms with E-state index in [2.05, 4.69) is 12.2 Å². The summed E-state index contributed by atoms with van der Waals surface area (Å²) in [7, 11) is 0. The first-order valence-corrected chi connectivity index (χ1v) is 9.00. The van der Waals surface area contributed by atoms with Gasteiger partial charge in [0.05, 0.1) is 6.54 Å². The second-order valence-electron chi connectivity index (χ2n) is 6.55. The molecule has 22 heavy (non-hydrogen) atoms. The fourth-order valence-electron chi connectivity index (χ4n) is 3.51. The van der Waals surface area contributed by atoms with E-state index in [1.165, 1.54) is 6.42 Å². The van der Waals surface area contributed by atoms with E-state index >= 15 is 0 Å². The Labute approximate surface area is 134 Å². The van der Waals surface area contributed by atoms with Crippen molar-refractivity contribution in [3.63, 3.8) is 0 Å². The lowest BCUT2D eigenvalue weighted by Crippen LogP contribution is -2.50. The Bertz CT molecular complexity index is 367. The van der Waals surface area contributed by atoms with Gasteiger partial charge in [0.25, 0.3) is 0 Å². The number of nitrogens with zero attached hydrogens (tertiary/aromatic N) is 2. The summed E-state index contributed by atoms with van der Waals surface area (Å²) < 4.78 is 0. The molecule has 0 saturated carbocycles. The van der Waals surface area contributed by atoms with Crippen molar-refractivity contribution in [1.29, 1.82) is 0 Å². The van der Waals surface area contributed by atoms with Crippen LogP contribution in [0, 0.1) is 0 Å². The summed E-state index contributed by atoms with van der Waals surface area (Å²) in [4.78, 5) is 28.8. The number of piperidine rings is 1. The fourth-order valence-corrected chi connectivity index (χ4v) is 3.51. The number of hydrogen-bond donors (Lipinski definition) is 1. The van der Waals surface area contributed by atoms with Crippen molar-refractivity contribution in [2.45, 2.75) is 64.3 Å². The van der Waals surface area contributed by atoms with Crippen LogP contribution in [0.15, 0.2) is 0 Å². The first kappa shape index (κ1) is 17.3. The van der Waals surface area contributed by atoms with Gasteiger partial charge in [0.1, 0.15) is 0 Å². The molecule has 0 unspecified atom stereocenters. The minimum Gasteiger partial charge on any atom is -0.338 e. The fraction of sp³-hybridized carbons (Fsp3) is 0.882.